The molecule has 14 heteroatoms. The summed E-state index contributed by atoms with van der Waals surface area (Å²) in [6, 6.07) is 30.6. The van der Waals surface area contributed by atoms with E-state index in [9.17, 15) is 0 Å². The Bertz CT molecular complexity index is 3550. The Balaban J connectivity index is -0.000000230. The molecular formula is C101H186N14. The van der Waals surface area contributed by atoms with Crippen LogP contribution in [0.15, 0.2) is 110 Å². The molecule has 14 rings (SSSR count). The van der Waals surface area contributed by atoms with Gasteiger partial charge in [0.25, 0.3) is 0 Å². The first-order valence-corrected chi connectivity index (χ1v) is 42.4. The van der Waals surface area contributed by atoms with Gasteiger partial charge in [-0.05, 0) is 195 Å². The van der Waals surface area contributed by atoms with Crippen molar-refractivity contribution in [1.29, 1.82) is 0 Å². The smallest absolute Gasteiger partial charge is 0.129 e. The van der Waals surface area contributed by atoms with E-state index in [1.807, 2.05) is 158 Å². The molecule has 12 heterocycles. The van der Waals surface area contributed by atoms with Crippen molar-refractivity contribution in [3.63, 3.8) is 0 Å². The average molecular weight is 1600 g/mol. The number of hydrogen-bond acceptors (Lipinski definition) is 13. The van der Waals surface area contributed by atoms with E-state index in [0.717, 1.165) is 103 Å². The number of aromatic amines is 1. The highest BCUT2D eigenvalue weighted by atomic mass is 15.2. The molecule has 2 atom stereocenters. The van der Waals surface area contributed by atoms with Gasteiger partial charge >= 0.3 is 0 Å². The lowest BCUT2D eigenvalue weighted by Gasteiger charge is -2.35. The van der Waals surface area contributed by atoms with Crippen LogP contribution in [0.25, 0.3) is 11.0 Å². The number of benzene rings is 1. The summed E-state index contributed by atoms with van der Waals surface area (Å²) in [5, 5.41) is 13.8. The molecule has 1 aromatic carbocycles. The van der Waals surface area contributed by atoms with Gasteiger partial charge < -0.3 is 26.3 Å². The average Bonchev–Trinajstić information content (AvgIpc) is 1.46. The van der Waals surface area contributed by atoms with Crippen molar-refractivity contribution in [2.24, 2.45) is 16.7 Å². The predicted octanol–water partition coefficient (Wildman–Crippen LogP) is 29.7. The number of para-hydroxylation sites is 2. The molecular weight excluding hydrogens is 1410 g/mol. The maximum atomic E-state index is 4.91. The van der Waals surface area contributed by atoms with Crippen molar-refractivity contribution >= 4 is 34.3 Å². The monoisotopic (exact) mass is 1600 g/mol. The Labute approximate surface area is 713 Å². The van der Waals surface area contributed by atoms with Crippen molar-refractivity contribution in [2.75, 3.05) is 47.4 Å². The van der Waals surface area contributed by atoms with Gasteiger partial charge in [0, 0.05) is 97.0 Å². The number of hydrogen-bond donors (Lipinski definition) is 5. The lowest BCUT2D eigenvalue weighted by molar-refractivity contribution is 0.200. The third-order valence-corrected chi connectivity index (χ3v) is 18.7. The second-order valence-corrected chi connectivity index (χ2v) is 31.5. The molecule has 1 aliphatic carbocycles. The molecule has 0 bridgehead atoms. The summed E-state index contributed by atoms with van der Waals surface area (Å²) in [6.07, 6.45) is 21.5. The maximum absolute atomic E-state index is 4.91. The molecule has 115 heavy (non-hydrogen) atoms. The first-order chi connectivity index (χ1) is 51.6. The number of pyridine rings is 5. The van der Waals surface area contributed by atoms with Gasteiger partial charge in [0.2, 0.25) is 0 Å². The molecule has 0 saturated carbocycles. The number of nitrogens with one attached hydrogen (secondary N) is 5. The summed E-state index contributed by atoms with van der Waals surface area (Å²) in [6.45, 7) is 73.4. The SMILES string of the molecule is C.C.C.C.C.C.C.CC.CC.CC.CC.CC.CC.CC.CC(C)(C)C1CCc2cc3c(nc2C1)NCCC3.CC(C)(C)C1CCc2cccnc2N1.CC(C)(C)c1ccc2c(n1)NCCC2.CC(C)(C)c1nc2ccccc2[nH]1.CC(C)N1CCc2cc3c(nc2C1)NCCC3.CC(C)c1ccccn1.CC(C)c1ccncn1. The molecule has 0 amide bonds. The number of imidazole rings is 1. The molecule has 660 valence electrons. The van der Waals surface area contributed by atoms with Gasteiger partial charge in [0.15, 0.2) is 0 Å². The van der Waals surface area contributed by atoms with Crippen LogP contribution in [-0.2, 0) is 62.3 Å². The van der Waals surface area contributed by atoms with E-state index in [1.165, 1.54) is 115 Å². The minimum absolute atomic E-state index is 0. The number of anilines is 4. The molecule has 7 aromatic heterocycles. The van der Waals surface area contributed by atoms with Gasteiger partial charge in [-0.25, -0.2) is 34.9 Å². The third-order valence-electron chi connectivity index (χ3n) is 18.7. The highest BCUT2D eigenvalue weighted by Gasteiger charge is 2.32. The molecule has 14 nitrogen and oxygen atoms in total. The summed E-state index contributed by atoms with van der Waals surface area (Å²) in [4.78, 5) is 41.2. The first-order valence-electron chi connectivity index (χ1n) is 42.4. The highest BCUT2D eigenvalue weighted by molar-refractivity contribution is 5.75. The molecule has 6 aliphatic rings. The molecule has 0 fully saturated rings. The largest absolute Gasteiger partial charge is 0.370 e. The Morgan fingerprint density at radius 2 is 0.887 bits per heavy atom. The Morgan fingerprint density at radius 1 is 0.409 bits per heavy atom. The van der Waals surface area contributed by atoms with Crippen LogP contribution in [0, 0.1) is 16.7 Å². The fraction of sp³-hybridized carbons (Fsp3) is 0.644. The number of H-pyrrole nitrogens is 1. The summed E-state index contributed by atoms with van der Waals surface area (Å²) in [7, 11) is 0. The number of aromatic nitrogens is 9. The fourth-order valence-electron chi connectivity index (χ4n) is 12.4. The zero-order valence-electron chi connectivity index (χ0n) is 74.8. The second kappa shape index (κ2) is 63.8. The van der Waals surface area contributed by atoms with Gasteiger partial charge in [-0.3, -0.25) is 9.88 Å². The van der Waals surface area contributed by atoms with Gasteiger partial charge in [-0.1, -0.05) is 302 Å². The van der Waals surface area contributed by atoms with E-state index in [0.29, 0.717) is 34.7 Å². The van der Waals surface area contributed by atoms with Crippen LogP contribution in [0.5, 0.6) is 0 Å². The van der Waals surface area contributed by atoms with E-state index >= 15 is 0 Å². The summed E-state index contributed by atoms with van der Waals surface area (Å²) < 4.78 is 0. The normalized spacial score (nSPS) is 14.4. The van der Waals surface area contributed by atoms with Gasteiger partial charge in [0.1, 0.15) is 35.4 Å². The van der Waals surface area contributed by atoms with E-state index in [-0.39, 0.29) is 62.8 Å². The van der Waals surface area contributed by atoms with E-state index in [4.69, 9.17) is 9.97 Å². The van der Waals surface area contributed by atoms with Gasteiger partial charge in [-0.2, -0.15) is 0 Å². The third kappa shape index (κ3) is 41.6. The predicted molar refractivity (Wildman–Crippen MR) is 521 cm³/mol. The summed E-state index contributed by atoms with van der Waals surface area (Å²) in [5.41, 5.74) is 17.8. The van der Waals surface area contributed by atoms with Gasteiger partial charge in [0.05, 0.1) is 16.7 Å². The summed E-state index contributed by atoms with van der Waals surface area (Å²) >= 11 is 0. The van der Waals surface area contributed by atoms with Crippen molar-refractivity contribution in [1.82, 2.24) is 49.8 Å². The Morgan fingerprint density at radius 3 is 1.34 bits per heavy atom. The van der Waals surface area contributed by atoms with Crippen molar-refractivity contribution in [2.45, 2.75) is 392 Å². The lowest BCUT2D eigenvalue weighted by atomic mass is 9.71. The zero-order chi connectivity index (χ0) is 81.8. The van der Waals surface area contributed by atoms with Gasteiger partial charge in [-0.15, -0.1) is 0 Å². The summed E-state index contributed by atoms with van der Waals surface area (Å²) in [5.74, 6) is 7.37. The number of rotatable bonds is 3. The maximum Gasteiger partial charge on any atom is 0.129 e. The zero-order valence-corrected chi connectivity index (χ0v) is 74.8. The number of nitrogens with zero attached hydrogens (tertiary/aromatic N) is 9. The molecule has 2 unspecified atom stereocenters. The fourth-order valence-corrected chi connectivity index (χ4v) is 12.4. The van der Waals surface area contributed by atoms with Crippen LogP contribution in [0.4, 0.5) is 23.3 Å². The van der Waals surface area contributed by atoms with Crippen LogP contribution in [0.2, 0.25) is 0 Å². The van der Waals surface area contributed by atoms with Crippen LogP contribution in [-0.4, -0.2) is 88.0 Å². The number of fused-ring (bicyclic) bond motifs is 7. The molecule has 0 saturated heterocycles. The Kier molecular flexibility index (Phi) is 67.0. The molecule has 5 N–H and O–H groups in total. The van der Waals surface area contributed by atoms with Crippen LogP contribution in [0.1, 0.15) is 385 Å². The lowest BCUT2D eigenvalue weighted by Crippen LogP contribution is -2.37. The molecule has 5 aliphatic heterocycles. The minimum Gasteiger partial charge on any atom is -0.370 e. The number of aryl methyl sites for hydroxylation is 5. The standard InChI is InChI=1S/C16H24N2.C14H21N3.2C12H18N2.C11H14N2.C8H11N.C7H10N2.7C2H6.7CH4/c1-16(2,3)13-7-6-11-9-12-5-4-8-17-15(12)18-14(11)10-13;1-10(2)17-7-5-11-8-12-4-3-6-15-14(12)16-13(11)9-17;2*1-12(2,3)10-7-6-9-5-4-8-13-11(9)14-10;1-11(2,3)10-12-8-6-4-5-7-9(8)13-10;1-7(2)8-5-3-4-6-9-8;1-6(2)7-3-4-8-5-9-7;7*1-2;;;;;;;/h9,13H,4-8,10H2,1-3H3,(H,17,18);8,10H,3-7,9H2,1-2H3,(H,15,16);6-7H,4-5,8H2,1-3H3,(H,13,14);4-5,8,10H,6-7H2,1-3H3,(H,13,14);4-7H,1-3H3,(H,12,13);3-7H,1-2H3;3-6H,1-2H3;7*1-2H3;7*1H4. The topological polar surface area (TPSA) is 170 Å². The van der Waals surface area contributed by atoms with E-state index in [2.05, 4.69) is 222 Å². The van der Waals surface area contributed by atoms with Crippen LogP contribution < -0.4 is 21.3 Å². The van der Waals surface area contributed by atoms with Crippen molar-refractivity contribution < 1.29 is 0 Å². The quantitative estimate of drug-likeness (QED) is 0.113. The van der Waals surface area contributed by atoms with Crippen molar-refractivity contribution in [3.8, 4) is 0 Å². The first kappa shape index (κ1) is 121. The highest BCUT2D eigenvalue weighted by Crippen LogP contribution is 2.39. The molecule has 0 radical (unpaired) electrons. The van der Waals surface area contributed by atoms with E-state index in [1.54, 1.807) is 12.5 Å². The Hall–Kier alpha value is -7.32. The van der Waals surface area contributed by atoms with E-state index < -0.39 is 0 Å². The van der Waals surface area contributed by atoms with Crippen LogP contribution in [0.3, 0.4) is 0 Å². The molecule has 8 aromatic rings. The minimum atomic E-state index is 0. The van der Waals surface area contributed by atoms with Crippen molar-refractivity contribution in [3.05, 3.63) is 178 Å². The van der Waals surface area contributed by atoms with Crippen LogP contribution >= 0.6 is 0 Å². The second-order valence-electron chi connectivity index (χ2n) is 31.5. The molecule has 0 spiro atoms.